The maximum atomic E-state index is 12.7. The molecule has 0 bridgehead atoms. The second kappa shape index (κ2) is 9.05. The minimum absolute atomic E-state index is 0.0583. The van der Waals surface area contributed by atoms with Crippen molar-refractivity contribution in [2.45, 2.75) is 20.3 Å². The number of rotatable bonds is 7. The van der Waals surface area contributed by atoms with E-state index in [1.54, 1.807) is 49.6 Å². The van der Waals surface area contributed by atoms with E-state index in [9.17, 15) is 9.59 Å². The zero-order valence-corrected chi connectivity index (χ0v) is 16.7. The Kier molecular flexibility index (Phi) is 6.29. The van der Waals surface area contributed by atoms with E-state index in [0.717, 1.165) is 13.0 Å². The van der Waals surface area contributed by atoms with Crippen LogP contribution in [0.15, 0.2) is 54.9 Å². The number of ketones is 1. The Morgan fingerprint density at radius 1 is 1.07 bits per heavy atom. The molecule has 0 saturated heterocycles. The first-order chi connectivity index (χ1) is 13.9. The standard InChI is InChI=1S/C22H23N5O2/c1-15(28)18-5-4-6-19(13-18)26-22(29)20-14-21(25-16(2)24-20)27(3)12-9-17-7-10-23-11-8-17/h4-8,10-11,13-14H,9,12H2,1-3H3,(H,26,29). The average molecular weight is 389 g/mol. The number of aromatic nitrogens is 3. The lowest BCUT2D eigenvalue weighted by atomic mass is 10.1. The van der Waals surface area contributed by atoms with E-state index in [1.165, 1.54) is 12.5 Å². The number of aryl methyl sites for hydroxylation is 1. The van der Waals surface area contributed by atoms with E-state index in [-0.39, 0.29) is 17.4 Å². The zero-order chi connectivity index (χ0) is 20.8. The lowest BCUT2D eigenvalue weighted by molar-refractivity contribution is 0.100. The Morgan fingerprint density at radius 3 is 2.55 bits per heavy atom. The molecule has 0 fully saturated rings. The number of carbonyl (C=O) groups is 2. The highest BCUT2D eigenvalue weighted by molar-refractivity contribution is 6.04. The molecule has 1 amide bonds. The molecule has 0 radical (unpaired) electrons. The third kappa shape index (κ3) is 5.44. The van der Waals surface area contributed by atoms with Crippen molar-refractivity contribution in [1.82, 2.24) is 15.0 Å². The highest BCUT2D eigenvalue weighted by atomic mass is 16.2. The van der Waals surface area contributed by atoms with Gasteiger partial charge < -0.3 is 10.2 Å². The van der Waals surface area contributed by atoms with Gasteiger partial charge in [-0.3, -0.25) is 14.6 Å². The van der Waals surface area contributed by atoms with Crippen molar-refractivity contribution in [3.8, 4) is 0 Å². The van der Waals surface area contributed by atoms with Gasteiger partial charge in [-0.1, -0.05) is 12.1 Å². The number of Topliss-reactive ketones (excluding diaryl/α,β-unsaturated/α-hetero) is 1. The summed E-state index contributed by atoms with van der Waals surface area (Å²) < 4.78 is 0. The van der Waals surface area contributed by atoms with E-state index in [1.807, 2.05) is 24.1 Å². The van der Waals surface area contributed by atoms with Gasteiger partial charge >= 0.3 is 0 Å². The number of hydrogen-bond donors (Lipinski definition) is 1. The summed E-state index contributed by atoms with van der Waals surface area (Å²) in [4.78, 5) is 39.0. The Morgan fingerprint density at radius 2 is 1.83 bits per heavy atom. The fourth-order valence-electron chi connectivity index (χ4n) is 2.84. The normalized spacial score (nSPS) is 10.4. The number of benzene rings is 1. The van der Waals surface area contributed by atoms with Crippen molar-refractivity contribution in [3.63, 3.8) is 0 Å². The molecule has 1 aromatic carbocycles. The summed E-state index contributed by atoms with van der Waals surface area (Å²) in [7, 11) is 1.93. The lowest BCUT2D eigenvalue weighted by Crippen LogP contribution is -2.23. The van der Waals surface area contributed by atoms with Crippen LogP contribution in [0.1, 0.15) is 39.2 Å². The number of hydrogen-bond acceptors (Lipinski definition) is 6. The maximum Gasteiger partial charge on any atom is 0.274 e. The minimum Gasteiger partial charge on any atom is -0.359 e. The summed E-state index contributed by atoms with van der Waals surface area (Å²) in [5, 5.41) is 2.80. The number of amides is 1. The third-order valence-electron chi connectivity index (χ3n) is 4.46. The van der Waals surface area contributed by atoms with Crippen LogP contribution in [0.25, 0.3) is 0 Å². The molecule has 3 rings (SSSR count). The number of anilines is 2. The minimum atomic E-state index is -0.347. The number of carbonyl (C=O) groups excluding carboxylic acids is 2. The molecule has 0 atom stereocenters. The predicted octanol–water partition coefficient (Wildman–Crippen LogP) is 3.31. The Balaban J connectivity index is 1.73. The van der Waals surface area contributed by atoms with E-state index in [0.29, 0.717) is 22.9 Å². The third-order valence-corrected chi connectivity index (χ3v) is 4.46. The highest BCUT2D eigenvalue weighted by Gasteiger charge is 2.14. The molecule has 0 saturated carbocycles. The van der Waals surface area contributed by atoms with Crippen molar-refractivity contribution < 1.29 is 9.59 Å². The fraction of sp³-hybridized carbons (Fsp3) is 0.227. The molecule has 7 heteroatoms. The van der Waals surface area contributed by atoms with Gasteiger partial charge in [0.25, 0.3) is 5.91 Å². The van der Waals surface area contributed by atoms with Gasteiger partial charge in [-0.2, -0.15) is 0 Å². The SMILES string of the molecule is CC(=O)c1cccc(NC(=O)c2cc(N(C)CCc3ccncc3)nc(C)n2)c1. The number of nitrogens with zero attached hydrogens (tertiary/aromatic N) is 4. The molecule has 2 aromatic heterocycles. The summed E-state index contributed by atoms with van der Waals surface area (Å²) in [6.45, 7) is 3.98. The van der Waals surface area contributed by atoms with Gasteiger partial charge in [0.15, 0.2) is 5.78 Å². The molecular weight excluding hydrogens is 366 g/mol. The lowest BCUT2D eigenvalue weighted by Gasteiger charge is -2.19. The van der Waals surface area contributed by atoms with Crippen LogP contribution >= 0.6 is 0 Å². The molecule has 2 heterocycles. The second-order valence-electron chi connectivity index (χ2n) is 6.78. The van der Waals surface area contributed by atoms with Gasteiger partial charge in [0, 0.05) is 43.3 Å². The van der Waals surface area contributed by atoms with Gasteiger partial charge in [0.2, 0.25) is 0 Å². The quantitative estimate of drug-likeness (QED) is 0.624. The Bertz CT molecular complexity index is 1020. The van der Waals surface area contributed by atoms with Crippen LogP contribution in [0.4, 0.5) is 11.5 Å². The van der Waals surface area contributed by atoms with Gasteiger partial charge in [0.05, 0.1) is 0 Å². The van der Waals surface area contributed by atoms with Gasteiger partial charge in [-0.15, -0.1) is 0 Å². The Hall–Kier alpha value is -3.61. The molecule has 7 nitrogen and oxygen atoms in total. The van der Waals surface area contributed by atoms with Crippen LogP contribution in [-0.2, 0) is 6.42 Å². The van der Waals surface area contributed by atoms with Crippen LogP contribution in [0.3, 0.4) is 0 Å². The van der Waals surface area contributed by atoms with E-state index in [4.69, 9.17) is 0 Å². The van der Waals surface area contributed by atoms with Crippen molar-refractivity contribution in [3.05, 3.63) is 77.5 Å². The van der Waals surface area contributed by atoms with Gasteiger partial charge in [-0.05, 0) is 50.1 Å². The number of nitrogens with one attached hydrogen (secondary N) is 1. The van der Waals surface area contributed by atoms with Gasteiger partial charge in [-0.25, -0.2) is 9.97 Å². The zero-order valence-electron chi connectivity index (χ0n) is 16.7. The van der Waals surface area contributed by atoms with Crippen molar-refractivity contribution in [1.29, 1.82) is 0 Å². The summed E-state index contributed by atoms with van der Waals surface area (Å²) in [6.07, 6.45) is 4.38. The molecule has 0 spiro atoms. The first kappa shape index (κ1) is 20.1. The maximum absolute atomic E-state index is 12.7. The first-order valence-corrected chi connectivity index (χ1v) is 9.30. The molecule has 29 heavy (non-hydrogen) atoms. The van der Waals surface area contributed by atoms with Gasteiger partial charge in [0.1, 0.15) is 17.3 Å². The van der Waals surface area contributed by atoms with Crippen molar-refractivity contribution in [2.75, 3.05) is 23.8 Å². The van der Waals surface area contributed by atoms with Crippen LogP contribution in [0, 0.1) is 6.92 Å². The Labute approximate surface area is 169 Å². The molecule has 3 aromatic rings. The molecule has 0 aliphatic carbocycles. The van der Waals surface area contributed by atoms with Crippen LogP contribution in [-0.4, -0.2) is 40.2 Å². The van der Waals surface area contributed by atoms with Crippen LogP contribution in [0.5, 0.6) is 0 Å². The van der Waals surface area contributed by atoms with Crippen molar-refractivity contribution >= 4 is 23.2 Å². The average Bonchev–Trinajstić information content (AvgIpc) is 2.72. The predicted molar refractivity (Wildman–Crippen MR) is 112 cm³/mol. The molecule has 148 valence electrons. The number of likely N-dealkylation sites (N-methyl/N-ethyl adjacent to an activating group) is 1. The monoisotopic (exact) mass is 389 g/mol. The van der Waals surface area contributed by atoms with Crippen LogP contribution in [0.2, 0.25) is 0 Å². The smallest absolute Gasteiger partial charge is 0.274 e. The summed E-state index contributed by atoms with van der Waals surface area (Å²) >= 11 is 0. The second-order valence-corrected chi connectivity index (χ2v) is 6.78. The first-order valence-electron chi connectivity index (χ1n) is 9.30. The highest BCUT2D eigenvalue weighted by Crippen LogP contribution is 2.16. The van der Waals surface area contributed by atoms with Crippen LogP contribution < -0.4 is 10.2 Å². The summed E-state index contributed by atoms with van der Waals surface area (Å²) in [6, 6.07) is 12.5. The van der Waals surface area contributed by atoms with E-state index in [2.05, 4.69) is 20.3 Å². The summed E-state index contributed by atoms with van der Waals surface area (Å²) in [5.74, 6) is 0.784. The number of pyridine rings is 1. The molecule has 1 N–H and O–H groups in total. The molecular formula is C22H23N5O2. The molecule has 0 aliphatic heterocycles. The molecule has 0 unspecified atom stereocenters. The summed E-state index contributed by atoms with van der Waals surface area (Å²) in [5.41, 5.74) is 2.54. The fourth-order valence-corrected chi connectivity index (χ4v) is 2.84. The molecule has 0 aliphatic rings. The van der Waals surface area contributed by atoms with Crippen molar-refractivity contribution in [2.24, 2.45) is 0 Å². The largest absolute Gasteiger partial charge is 0.359 e. The van der Waals surface area contributed by atoms with E-state index >= 15 is 0 Å². The topological polar surface area (TPSA) is 88.1 Å². The van der Waals surface area contributed by atoms with E-state index < -0.39 is 0 Å².